The smallest absolute Gasteiger partial charge is 0.0495 e. The van der Waals surface area contributed by atoms with Crippen LogP contribution in [0.25, 0.3) is 21.8 Å². The van der Waals surface area contributed by atoms with Gasteiger partial charge in [-0.3, -0.25) is 4.98 Å². The molecular formula is C17H19N3. The Morgan fingerprint density at radius 1 is 1.10 bits per heavy atom. The standard InChI is InChI=1S/C17H19N3/c1-20-8-5-12(6-9-20)13-2-3-14-15-11-18-7-4-16(15)19-17(14)10-13/h2-4,7,10-12,19H,5-6,8-9H2,1H3. The average Bonchev–Trinajstić information content (AvgIpc) is 2.85. The van der Waals surface area contributed by atoms with E-state index in [0.29, 0.717) is 5.92 Å². The molecular weight excluding hydrogens is 246 g/mol. The number of hydrogen-bond acceptors (Lipinski definition) is 2. The third-order valence-electron chi connectivity index (χ3n) is 4.61. The number of nitrogens with one attached hydrogen (secondary N) is 1. The van der Waals surface area contributed by atoms with E-state index in [4.69, 9.17) is 0 Å². The van der Waals surface area contributed by atoms with Crippen LogP contribution in [0.4, 0.5) is 0 Å². The highest BCUT2D eigenvalue weighted by Crippen LogP contribution is 2.31. The predicted molar refractivity (Wildman–Crippen MR) is 83.1 cm³/mol. The van der Waals surface area contributed by atoms with Crippen LogP contribution in [0.5, 0.6) is 0 Å². The third-order valence-corrected chi connectivity index (χ3v) is 4.61. The molecule has 1 aromatic carbocycles. The number of benzene rings is 1. The van der Waals surface area contributed by atoms with E-state index in [0.717, 1.165) is 0 Å². The molecule has 20 heavy (non-hydrogen) atoms. The van der Waals surface area contributed by atoms with Crippen molar-refractivity contribution in [1.82, 2.24) is 14.9 Å². The Kier molecular flexibility index (Phi) is 2.74. The van der Waals surface area contributed by atoms with Crippen molar-refractivity contribution < 1.29 is 0 Å². The Hall–Kier alpha value is -1.87. The summed E-state index contributed by atoms with van der Waals surface area (Å²) >= 11 is 0. The van der Waals surface area contributed by atoms with E-state index in [1.165, 1.54) is 53.3 Å². The number of aromatic nitrogens is 2. The fourth-order valence-corrected chi connectivity index (χ4v) is 3.36. The first-order chi connectivity index (χ1) is 9.81. The van der Waals surface area contributed by atoms with Gasteiger partial charge in [-0.2, -0.15) is 0 Å². The lowest BCUT2D eigenvalue weighted by Crippen LogP contribution is -2.29. The monoisotopic (exact) mass is 265 g/mol. The van der Waals surface area contributed by atoms with Gasteiger partial charge in [0.25, 0.3) is 0 Å². The van der Waals surface area contributed by atoms with Crippen molar-refractivity contribution in [2.24, 2.45) is 0 Å². The molecule has 3 nitrogen and oxygen atoms in total. The lowest BCUT2D eigenvalue weighted by Gasteiger charge is -2.29. The molecule has 3 heterocycles. The molecule has 1 fully saturated rings. The van der Waals surface area contributed by atoms with Crippen molar-refractivity contribution in [2.75, 3.05) is 20.1 Å². The zero-order valence-electron chi connectivity index (χ0n) is 11.8. The van der Waals surface area contributed by atoms with Crippen LogP contribution in [0.3, 0.4) is 0 Å². The SMILES string of the molecule is CN1CCC(c2ccc3c(c2)[nH]c2ccncc23)CC1. The Morgan fingerprint density at radius 2 is 1.95 bits per heavy atom. The van der Waals surface area contributed by atoms with Crippen molar-refractivity contribution in [3.8, 4) is 0 Å². The number of pyridine rings is 1. The van der Waals surface area contributed by atoms with Crippen molar-refractivity contribution in [2.45, 2.75) is 18.8 Å². The quantitative estimate of drug-likeness (QED) is 0.730. The minimum atomic E-state index is 0.708. The van der Waals surface area contributed by atoms with Crippen LogP contribution in [-0.4, -0.2) is 35.0 Å². The lowest BCUT2D eigenvalue weighted by molar-refractivity contribution is 0.255. The molecule has 0 spiro atoms. The number of nitrogens with zero attached hydrogens (tertiary/aromatic N) is 2. The highest BCUT2D eigenvalue weighted by molar-refractivity contribution is 6.06. The van der Waals surface area contributed by atoms with Gasteiger partial charge in [0.1, 0.15) is 0 Å². The van der Waals surface area contributed by atoms with Gasteiger partial charge < -0.3 is 9.88 Å². The normalized spacial score (nSPS) is 18.1. The van der Waals surface area contributed by atoms with Crippen LogP contribution in [0, 0.1) is 0 Å². The van der Waals surface area contributed by atoms with Crippen molar-refractivity contribution in [1.29, 1.82) is 0 Å². The van der Waals surface area contributed by atoms with E-state index in [1.807, 2.05) is 18.5 Å². The Morgan fingerprint density at radius 3 is 2.80 bits per heavy atom. The second kappa shape index (κ2) is 4.60. The molecule has 1 saturated heterocycles. The maximum Gasteiger partial charge on any atom is 0.0495 e. The molecule has 1 aliphatic heterocycles. The minimum Gasteiger partial charge on any atom is -0.354 e. The molecule has 1 aliphatic rings. The minimum absolute atomic E-state index is 0.708. The van der Waals surface area contributed by atoms with Crippen molar-refractivity contribution in [3.63, 3.8) is 0 Å². The first-order valence-corrected chi connectivity index (χ1v) is 7.35. The molecule has 0 aliphatic carbocycles. The lowest BCUT2D eigenvalue weighted by atomic mass is 9.89. The second-order valence-corrected chi connectivity index (χ2v) is 5.93. The zero-order valence-corrected chi connectivity index (χ0v) is 11.8. The van der Waals surface area contributed by atoms with Gasteiger partial charge in [0.15, 0.2) is 0 Å². The largest absolute Gasteiger partial charge is 0.354 e. The summed E-state index contributed by atoms with van der Waals surface area (Å²) in [5, 5.41) is 2.50. The number of piperidine rings is 1. The summed E-state index contributed by atoms with van der Waals surface area (Å²) < 4.78 is 0. The molecule has 0 amide bonds. The van der Waals surface area contributed by atoms with Crippen LogP contribution >= 0.6 is 0 Å². The molecule has 1 N–H and O–H groups in total. The van der Waals surface area contributed by atoms with Gasteiger partial charge in [-0.05, 0) is 56.6 Å². The average molecular weight is 265 g/mol. The summed E-state index contributed by atoms with van der Waals surface area (Å²) in [5.74, 6) is 0.708. The van der Waals surface area contributed by atoms with E-state index in [9.17, 15) is 0 Å². The number of aromatic amines is 1. The molecule has 2 aromatic heterocycles. The first-order valence-electron chi connectivity index (χ1n) is 7.35. The topological polar surface area (TPSA) is 31.9 Å². The highest BCUT2D eigenvalue weighted by Gasteiger charge is 2.18. The molecule has 0 saturated carbocycles. The van der Waals surface area contributed by atoms with Crippen molar-refractivity contribution >= 4 is 21.8 Å². The predicted octanol–water partition coefficient (Wildman–Crippen LogP) is 3.53. The summed E-state index contributed by atoms with van der Waals surface area (Å²) in [4.78, 5) is 10.2. The maximum absolute atomic E-state index is 4.23. The fraction of sp³-hybridized carbons (Fsp3) is 0.353. The Labute approximate surface area is 118 Å². The van der Waals surface area contributed by atoms with Gasteiger partial charge in [0, 0.05) is 34.2 Å². The van der Waals surface area contributed by atoms with Gasteiger partial charge in [0.2, 0.25) is 0 Å². The van der Waals surface area contributed by atoms with Gasteiger partial charge in [0.05, 0.1) is 0 Å². The van der Waals surface area contributed by atoms with Crippen LogP contribution in [0.1, 0.15) is 24.3 Å². The number of hydrogen-bond donors (Lipinski definition) is 1. The molecule has 102 valence electrons. The van der Waals surface area contributed by atoms with E-state index >= 15 is 0 Å². The molecule has 3 heteroatoms. The second-order valence-electron chi connectivity index (χ2n) is 5.93. The molecule has 0 radical (unpaired) electrons. The summed E-state index contributed by atoms with van der Waals surface area (Å²) in [6, 6.07) is 8.94. The Bertz CT molecular complexity index is 751. The van der Waals surface area contributed by atoms with Gasteiger partial charge in [-0.1, -0.05) is 12.1 Å². The molecule has 3 aromatic rings. The Balaban J connectivity index is 1.77. The van der Waals surface area contributed by atoms with Crippen molar-refractivity contribution in [3.05, 3.63) is 42.2 Å². The number of likely N-dealkylation sites (tertiary alicyclic amines) is 1. The summed E-state index contributed by atoms with van der Waals surface area (Å²) in [6.07, 6.45) is 6.33. The first kappa shape index (κ1) is 11.9. The number of rotatable bonds is 1. The summed E-state index contributed by atoms with van der Waals surface area (Å²) in [6.45, 7) is 2.42. The van der Waals surface area contributed by atoms with Crippen LogP contribution < -0.4 is 0 Å². The van der Waals surface area contributed by atoms with Gasteiger partial charge >= 0.3 is 0 Å². The van der Waals surface area contributed by atoms with Crippen LogP contribution in [0.15, 0.2) is 36.7 Å². The third kappa shape index (κ3) is 1.90. The van der Waals surface area contributed by atoms with Gasteiger partial charge in [-0.25, -0.2) is 0 Å². The fourth-order valence-electron chi connectivity index (χ4n) is 3.36. The number of fused-ring (bicyclic) bond motifs is 3. The molecule has 0 bridgehead atoms. The van der Waals surface area contributed by atoms with E-state index in [-0.39, 0.29) is 0 Å². The highest BCUT2D eigenvalue weighted by atomic mass is 15.1. The van der Waals surface area contributed by atoms with E-state index < -0.39 is 0 Å². The zero-order chi connectivity index (χ0) is 13.5. The van der Waals surface area contributed by atoms with Gasteiger partial charge in [-0.15, -0.1) is 0 Å². The van der Waals surface area contributed by atoms with Crippen LogP contribution in [-0.2, 0) is 0 Å². The van der Waals surface area contributed by atoms with E-state index in [2.05, 4.69) is 40.1 Å². The summed E-state index contributed by atoms with van der Waals surface area (Å²) in [7, 11) is 2.21. The molecule has 0 atom stereocenters. The maximum atomic E-state index is 4.23. The van der Waals surface area contributed by atoms with E-state index in [1.54, 1.807) is 0 Å². The summed E-state index contributed by atoms with van der Waals surface area (Å²) in [5.41, 5.74) is 3.89. The number of H-pyrrole nitrogens is 1. The molecule has 0 unspecified atom stereocenters. The van der Waals surface area contributed by atoms with Crippen LogP contribution in [0.2, 0.25) is 0 Å². The molecule has 4 rings (SSSR count).